The molecule has 25 heavy (non-hydrogen) atoms. The Hall–Kier alpha value is -2.45. The van der Waals surface area contributed by atoms with Crippen LogP contribution in [0.15, 0.2) is 51.5 Å². The van der Waals surface area contributed by atoms with Crippen molar-refractivity contribution >= 4 is 23.1 Å². The van der Waals surface area contributed by atoms with Crippen molar-refractivity contribution in [3.05, 3.63) is 58.8 Å². The Morgan fingerprint density at radius 2 is 2.16 bits per heavy atom. The summed E-state index contributed by atoms with van der Waals surface area (Å²) < 4.78 is 7.32. The fraction of sp³-hybridized carbons (Fsp3) is 0.176. The smallest absolute Gasteiger partial charge is 0.236 e. The standard InChI is InChI=1S/C17H15N5OS2/c1-11-5-6-14(12(2)8-11)22-17(19-20-21-22)25-10-13-9-23-16(18-13)15-4-3-7-24-15/h3-9H,10H2,1-2H3. The van der Waals surface area contributed by atoms with Gasteiger partial charge in [0, 0.05) is 5.75 Å². The van der Waals surface area contributed by atoms with E-state index in [4.69, 9.17) is 4.42 Å². The Balaban J connectivity index is 1.52. The quantitative estimate of drug-likeness (QED) is 0.489. The van der Waals surface area contributed by atoms with Gasteiger partial charge in [0.1, 0.15) is 6.26 Å². The molecule has 0 unspecified atom stereocenters. The highest BCUT2D eigenvalue weighted by Gasteiger charge is 2.13. The van der Waals surface area contributed by atoms with Gasteiger partial charge in [-0.05, 0) is 47.4 Å². The van der Waals surface area contributed by atoms with Crippen LogP contribution in [-0.2, 0) is 5.75 Å². The number of thioether (sulfide) groups is 1. The predicted octanol–water partition coefficient (Wildman–Crippen LogP) is 4.29. The summed E-state index contributed by atoms with van der Waals surface area (Å²) in [6, 6.07) is 10.2. The molecule has 3 aromatic heterocycles. The second kappa shape index (κ2) is 6.81. The minimum Gasteiger partial charge on any atom is -0.444 e. The topological polar surface area (TPSA) is 69.6 Å². The molecule has 0 spiro atoms. The van der Waals surface area contributed by atoms with E-state index in [0.29, 0.717) is 11.6 Å². The molecule has 0 amide bonds. The number of benzene rings is 1. The first kappa shape index (κ1) is 16.0. The van der Waals surface area contributed by atoms with Gasteiger partial charge in [0.15, 0.2) is 0 Å². The van der Waals surface area contributed by atoms with Crippen molar-refractivity contribution in [2.45, 2.75) is 24.8 Å². The summed E-state index contributed by atoms with van der Waals surface area (Å²) in [6.07, 6.45) is 1.69. The summed E-state index contributed by atoms with van der Waals surface area (Å²) >= 11 is 3.14. The van der Waals surface area contributed by atoms with Crippen LogP contribution in [0, 0.1) is 13.8 Å². The first-order chi connectivity index (χ1) is 12.2. The highest BCUT2D eigenvalue weighted by atomic mass is 32.2. The third kappa shape index (κ3) is 3.35. The van der Waals surface area contributed by atoms with E-state index in [2.05, 4.69) is 46.5 Å². The molecule has 126 valence electrons. The molecule has 0 bridgehead atoms. The van der Waals surface area contributed by atoms with Crippen molar-refractivity contribution < 1.29 is 4.42 Å². The lowest BCUT2D eigenvalue weighted by Gasteiger charge is -2.07. The zero-order valence-corrected chi connectivity index (χ0v) is 15.3. The molecule has 4 rings (SSSR count). The van der Waals surface area contributed by atoms with Gasteiger partial charge in [0.25, 0.3) is 0 Å². The summed E-state index contributed by atoms with van der Waals surface area (Å²) in [6.45, 7) is 4.13. The minimum atomic E-state index is 0.639. The number of thiophene rings is 1. The van der Waals surface area contributed by atoms with Crippen molar-refractivity contribution in [3.63, 3.8) is 0 Å². The first-order valence-corrected chi connectivity index (χ1v) is 9.54. The third-order valence-electron chi connectivity index (χ3n) is 3.65. The molecule has 0 fully saturated rings. The number of rotatable bonds is 5. The fourth-order valence-electron chi connectivity index (χ4n) is 2.49. The Morgan fingerprint density at radius 3 is 2.96 bits per heavy atom. The van der Waals surface area contributed by atoms with Crippen LogP contribution >= 0.6 is 23.1 Å². The zero-order valence-electron chi connectivity index (χ0n) is 13.7. The van der Waals surface area contributed by atoms with Gasteiger partial charge in [0.2, 0.25) is 11.0 Å². The lowest BCUT2D eigenvalue weighted by atomic mass is 10.1. The van der Waals surface area contributed by atoms with E-state index in [1.54, 1.807) is 22.3 Å². The maximum absolute atomic E-state index is 5.55. The number of aromatic nitrogens is 5. The molecule has 8 heteroatoms. The van der Waals surface area contributed by atoms with Crippen LogP contribution in [0.2, 0.25) is 0 Å². The normalized spacial score (nSPS) is 11.1. The predicted molar refractivity (Wildman–Crippen MR) is 98.0 cm³/mol. The number of aryl methyl sites for hydroxylation is 2. The fourth-order valence-corrected chi connectivity index (χ4v) is 3.90. The van der Waals surface area contributed by atoms with Crippen LogP contribution in [0.25, 0.3) is 16.5 Å². The van der Waals surface area contributed by atoms with Crippen molar-refractivity contribution in [1.82, 2.24) is 25.2 Å². The lowest BCUT2D eigenvalue weighted by molar-refractivity contribution is 0.575. The molecule has 0 aliphatic carbocycles. The minimum absolute atomic E-state index is 0.639. The van der Waals surface area contributed by atoms with E-state index in [-0.39, 0.29) is 0 Å². The SMILES string of the molecule is Cc1ccc(-n2nnnc2SCc2coc(-c3cccs3)n2)c(C)c1. The molecule has 0 N–H and O–H groups in total. The number of tetrazole rings is 1. The number of hydrogen-bond donors (Lipinski definition) is 0. The molecule has 3 heterocycles. The van der Waals surface area contributed by atoms with Gasteiger partial charge < -0.3 is 4.42 Å². The molecule has 0 aliphatic heterocycles. The van der Waals surface area contributed by atoms with Gasteiger partial charge in [-0.25, -0.2) is 4.98 Å². The van der Waals surface area contributed by atoms with Crippen LogP contribution in [-0.4, -0.2) is 25.2 Å². The Kier molecular flexibility index (Phi) is 4.37. The zero-order chi connectivity index (χ0) is 17.2. The molecular formula is C17H15N5OS2. The van der Waals surface area contributed by atoms with Crippen LogP contribution in [0.5, 0.6) is 0 Å². The lowest BCUT2D eigenvalue weighted by Crippen LogP contribution is -2.02. The highest BCUT2D eigenvalue weighted by Crippen LogP contribution is 2.27. The van der Waals surface area contributed by atoms with Gasteiger partial charge in [-0.1, -0.05) is 35.5 Å². The van der Waals surface area contributed by atoms with Gasteiger partial charge in [-0.2, -0.15) is 4.68 Å². The second-order valence-corrected chi connectivity index (χ2v) is 7.46. The average Bonchev–Trinajstić information content (AvgIpc) is 3.34. The van der Waals surface area contributed by atoms with Gasteiger partial charge >= 0.3 is 0 Å². The van der Waals surface area contributed by atoms with Gasteiger partial charge in [0.05, 0.1) is 16.3 Å². The summed E-state index contributed by atoms with van der Waals surface area (Å²) in [7, 11) is 0. The largest absolute Gasteiger partial charge is 0.444 e. The van der Waals surface area contributed by atoms with Crippen molar-refractivity contribution in [1.29, 1.82) is 0 Å². The number of nitrogens with zero attached hydrogens (tertiary/aromatic N) is 5. The number of hydrogen-bond acceptors (Lipinski definition) is 7. The molecule has 0 saturated heterocycles. The molecule has 0 aliphatic rings. The summed E-state index contributed by atoms with van der Waals surface area (Å²) in [5.74, 6) is 1.29. The Bertz CT molecular complexity index is 990. The van der Waals surface area contributed by atoms with E-state index >= 15 is 0 Å². The van der Waals surface area contributed by atoms with E-state index in [1.807, 2.05) is 23.6 Å². The summed E-state index contributed by atoms with van der Waals surface area (Å²) in [5, 5.41) is 14.8. The van der Waals surface area contributed by atoms with E-state index in [0.717, 1.165) is 27.0 Å². The van der Waals surface area contributed by atoms with Crippen molar-refractivity contribution in [2.24, 2.45) is 0 Å². The Morgan fingerprint density at radius 1 is 1.24 bits per heavy atom. The van der Waals surface area contributed by atoms with Crippen LogP contribution in [0.4, 0.5) is 0 Å². The molecule has 0 atom stereocenters. The molecule has 6 nitrogen and oxygen atoms in total. The monoisotopic (exact) mass is 369 g/mol. The molecule has 4 aromatic rings. The van der Waals surface area contributed by atoms with Crippen LogP contribution < -0.4 is 0 Å². The third-order valence-corrected chi connectivity index (χ3v) is 5.46. The maximum Gasteiger partial charge on any atom is 0.236 e. The number of oxazole rings is 1. The van der Waals surface area contributed by atoms with Crippen LogP contribution in [0.1, 0.15) is 16.8 Å². The molecule has 0 radical (unpaired) electrons. The van der Waals surface area contributed by atoms with Gasteiger partial charge in [-0.3, -0.25) is 0 Å². The molecule has 1 aromatic carbocycles. The maximum atomic E-state index is 5.55. The molecular weight excluding hydrogens is 354 g/mol. The first-order valence-electron chi connectivity index (χ1n) is 7.68. The summed E-state index contributed by atoms with van der Waals surface area (Å²) in [5.41, 5.74) is 4.20. The van der Waals surface area contributed by atoms with Gasteiger partial charge in [-0.15, -0.1) is 16.4 Å². The highest BCUT2D eigenvalue weighted by molar-refractivity contribution is 7.98. The van der Waals surface area contributed by atoms with E-state index in [1.165, 1.54) is 17.3 Å². The van der Waals surface area contributed by atoms with E-state index in [9.17, 15) is 0 Å². The van der Waals surface area contributed by atoms with Crippen molar-refractivity contribution in [3.8, 4) is 16.5 Å². The van der Waals surface area contributed by atoms with Crippen molar-refractivity contribution in [2.75, 3.05) is 0 Å². The molecule has 0 saturated carbocycles. The average molecular weight is 369 g/mol. The van der Waals surface area contributed by atoms with E-state index < -0.39 is 0 Å². The van der Waals surface area contributed by atoms with Crippen LogP contribution in [0.3, 0.4) is 0 Å². The second-order valence-electron chi connectivity index (χ2n) is 5.57. The summed E-state index contributed by atoms with van der Waals surface area (Å²) in [4.78, 5) is 5.55. The Labute approximate surface area is 152 Å².